The van der Waals surface area contributed by atoms with Gasteiger partial charge < -0.3 is 10.2 Å². The predicted octanol–water partition coefficient (Wildman–Crippen LogP) is 4.39. The molecule has 4 atom stereocenters. The van der Waals surface area contributed by atoms with Crippen LogP contribution in [-0.2, 0) is 14.5 Å². The fraction of sp³-hybridized carbons (Fsp3) is 0.360. The maximum Gasteiger partial charge on any atom is 0.254 e. The molecule has 1 heterocycles. The van der Waals surface area contributed by atoms with E-state index in [1.807, 2.05) is 0 Å². The van der Waals surface area contributed by atoms with Crippen molar-refractivity contribution < 1.29 is 22.6 Å². The number of amides is 2. The summed E-state index contributed by atoms with van der Waals surface area (Å²) in [5.41, 5.74) is 0.192. The molecule has 1 aliphatic carbocycles. The van der Waals surface area contributed by atoms with E-state index in [4.69, 9.17) is 22.8 Å². The van der Waals surface area contributed by atoms with E-state index in [1.165, 1.54) is 35.4 Å². The van der Waals surface area contributed by atoms with E-state index in [1.54, 1.807) is 0 Å². The highest BCUT2D eigenvalue weighted by Gasteiger charge is 2.42. The van der Waals surface area contributed by atoms with Crippen LogP contribution >= 0.6 is 11.6 Å². The first-order valence-corrected chi connectivity index (χ1v) is 13.4. The van der Waals surface area contributed by atoms with Gasteiger partial charge in [0.05, 0.1) is 20.8 Å². The van der Waals surface area contributed by atoms with Gasteiger partial charge in [0.1, 0.15) is 17.7 Å². The molecule has 2 fully saturated rings. The smallest absolute Gasteiger partial charge is 0.254 e. The Bertz CT molecular complexity index is 1340. The van der Waals surface area contributed by atoms with Crippen molar-refractivity contribution in [3.63, 3.8) is 0 Å². The molecular formula is C25H24ClF2N3O3S. The van der Waals surface area contributed by atoms with E-state index >= 15 is 0 Å². The van der Waals surface area contributed by atoms with Crippen LogP contribution < -0.4 is 5.32 Å². The highest BCUT2D eigenvalue weighted by molar-refractivity contribution is 7.91. The monoisotopic (exact) mass is 519 g/mol. The van der Waals surface area contributed by atoms with E-state index in [9.17, 15) is 22.6 Å². The normalized spacial score (nSPS) is 22.2. The molecule has 0 spiro atoms. The average Bonchev–Trinajstić information content (AvgIpc) is 3.56. The summed E-state index contributed by atoms with van der Waals surface area (Å²) >= 11 is 5.68. The minimum absolute atomic E-state index is 0.00739. The second kappa shape index (κ2) is 9.59. The summed E-state index contributed by atoms with van der Waals surface area (Å²) in [6, 6.07) is 6.14. The molecule has 0 bridgehead atoms. The fourth-order valence-electron chi connectivity index (χ4n) is 4.37. The summed E-state index contributed by atoms with van der Waals surface area (Å²) < 4.78 is 48.7. The second-order valence-corrected chi connectivity index (χ2v) is 11.6. The summed E-state index contributed by atoms with van der Waals surface area (Å²) in [6.07, 6.45) is 8.55. The van der Waals surface area contributed by atoms with Gasteiger partial charge in [-0.3, -0.25) is 9.59 Å². The van der Waals surface area contributed by atoms with Crippen LogP contribution in [0, 0.1) is 40.6 Å². The van der Waals surface area contributed by atoms with Gasteiger partial charge >= 0.3 is 0 Å². The zero-order chi connectivity index (χ0) is 25.5. The van der Waals surface area contributed by atoms with Gasteiger partial charge in [-0.25, -0.2) is 17.8 Å². The number of likely N-dealkylation sites (tertiary alicyclic amines) is 1. The predicted molar refractivity (Wildman–Crippen MR) is 128 cm³/mol. The number of halogens is 3. The first kappa shape index (κ1) is 25.1. The van der Waals surface area contributed by atoms with Gasteiger partial charge in [0, 0.05) is 34.7 Å². The Hall–Kier alpha value is -2.96. The molecule has 2 aromatic rings. The first-order chi connectivity index (χ1) is 16.5. The Labute approximate surface area is 208 Å². The van der Waals surface area contributed by atoms with E-state index < -0.39 is 45.3 Å². The molecule has 184 valence electrons. The number of rotatable bonds is 6. The van der Waals surface area contributed by atoms with Gasteiger partial charge in [-0.15, -0.1) is 12.3 Å². The molecule has 1 aliphatic heterocycles. The number of nitrogens with one attached hydrogen (secondary N) is 2. The SMILES string of the molecule is C#C[C@@H]1C[C@H](C(=O)N[C@@H](c2cc(F)c(Cl)cc2F)C2CC2)N(C(=O)c2cccc(S(C)(=N)=O)c2)C1. The molecule has 4 rings (SSSR count). The molecule has 2 aliphatic rings. The maximum absolute atomic E-state index is 14.6. The van der Waals surface area contributed by atoms with Crippen LogP contribution in [0.5, 0.6) is 0 Å². The lowest BCUT2D eigenvalue weighted by molar-refractivity contribution is -0.125. The van der Waals surface area contributed by atoms with Crippen LogP contribution in [0.3, 0.4) is 0 Å². The third-order valence-electron chi connectivity index (χ3n) is 6.40. The summed E-state index contributed by atoms with van der Waals surface area (Å²) in [7, 11) is -3.05. The Kier molecular flexibility index (Phi) is 6.89. The third-order valence-corrected chi connectivity index (χ3v) is 7.84. The number of carbonyl (C=O) groups is 2. The van der Waals surface area contributed by atoms with Crippen LogP contribution in [-0.4, -0.2) is 39.8 Å². The highest BCUT2D eigenvalue weighted by atomic mass is 35.5. The van der Waals surface area contributed by atoms with Crippen molar-refractivity contribution in [3.05, 3.63) is 64.2 Å². The molecule has 1 saturated heterocycles. The Morgan fingerprint density at radius 2 is 1.97 bits per heavy atom. The number of nitrogens with zero attached hydrogens (tertiary/aromatic N) is 1. The Morgan fingerprint density at radius 1 is 1.26 bits per heavy atom. The van der Waals surface area contributed by atoms with E-state index in [2.05, 4.69) is 11.2 Å². The molecule has 10 heteroatoms. The lowest BCUT2D eigenvalue weighted by Gasteiger charge is -2.27. The van der Waals surface area contributed by atoms with Crippen LogP contribution in [0.1, 0.15) is 41.2 Å². The largest absolute Gasteiger partial charge is 0.347 e. The third kappa shape index (κ3) is 5.34. The Morgan fingerprint density at radius 3 is 2.60 bits per heavy atom. The highest BCUT2D eigenvalue weighted by Crippen LogP contribution is 2.42. The van der Waals surface area contributed by atoms with Crippen LogP contribution in [0.4, 0.5) is 8.78 Å². The summed E-state index contributed by atoms with van der Waals surface area (Å²) in [5, 5.41) is 2.47. The van der Waals surface area contributed by atoms with Gasteiger partial charge in [0.25, 0.3) is 5.91 Å². The molecule has 2 aromatic carbocycles. The number of hydrogen-bond donors (Lipinski definition) is 2. The molecule has 0 radical (unpaired) electrons. The standard InChI is InChI=1S/C25H24ClF2N3O3S/c1-3-14-9-22(31(13-14)25(33)16-5-4-6-17(10-16)35(2,29)34)24(32)30-23(15-7-8-15)18-11-21(28)19(26)12-20(18)27/h1,4-6,10-12,14-15,22-23,29H,7-9,13H2,2H3,(H,30,32)/t14-,22-,23-,35?/m1/s1. The molecule has 1 unspecified atom stereocenters. The topological polar surface area (TPSA) is 90.3 Å². The van der Waals surface area contributed by atoms with Crippen molar-refractivity contribution in [2.45, 2.75) is 36.2 Å². The fourth-order valence-corrected chi connectivity index (χ4v) is 5.21. The minimum atomic E-state index is -3.05. The van der Waals surface area contributed by atoms with Crippen molar-refractivity contribution in [1.29, 1.82) is 4.78 Å². The summed E-state index contributed by atoms with van der Waals surface area (Å²) in [4.78, 5) is 28.3. The first-order valence-electron chi connectivity index (χ1n) is 11.1. The molecule has 0 aromatic heterocycles. The zero-order valence-electron chi connectivity index (χ0n) is 18.9. The maximum atomic E-state index is 14.6. The number of terminal acetylenes is 1. The second-order valence-electron chi connectivity index (χ2n) is 9.06. The molecule has 2 N–H and O–H groups in total. The summed E-state index contributed by atoms with van der Waals surface area (Å²) in [5.74, 6) is -0.340. The van der Waals surface area contributed by atoms with Gasteiger partial charge in [0.2, 0.25) is 5.91 Å². The quantitative estimate of drug-likeness (QED) is 0.438. The number of carbonyl (C=O) groups excluding carboxylic acids is 2. The molecule has 35 heavy (non-hydrogen) atoms. The lowest BCUT2D eigenvalue weighted by atomic mass is 10.00. The van der Waals surface area contributed by atoms with Crippen molar-refractivity contribution in [3.8, 4) is 12.3 Å². The average molecular weight is 520 g/mol. The zero-order valence-corrected chi connectivity index (χ0v) is 20.5. The van der Waals surface area contributed by atoms with Crippen LogP contribution in [0.25, 0.3) is 0 Å². The van der Waals surface area contributed by atoms with Gasteiger partial charge in [-0.05, 0) is 55.5 Å². The lowest BCUT2D eigenvalue weighted by Crippen LogP contribution is -2.47. The van der Waals surface area contributed by atoms with Crippen molar-refractivity contribution in [2.24, 2.45) is 11.8 Å². The van der Waals surface area contributed by atoms with Crippen molar-refractivity contribution >= 4 is 33.1 Å². The number of benzene rings is 2. The van der Waals surface area contributed by atoms with E-state index in [0.29, 0.717) is 0 Å². The van der Waals surface area contributed by atoms with Gasteiger partial charge in [-0.2, -0.15) is 0 Å². The van der Waals surface area contributed by atoms with Crippen molar-refractivity contribution in [1.82, 2.24) is 10.2 Å². The van der Waals surface area contributed by atoms with Crippen molar-refractivity contribution in [2.75, 3.05) is 12.8 Å². The van der Waals surface area contributed by atoms with E-state index in [-0.39, 0.29) is 45.8 Å². The van der Waals surface area contributed by atoms with Crippen LogP contribution in [0.2, 0.25) is 5.02 Å². The molecular weight excluding hydrogens is 496 g/mol. The van der Waals surface area contributed by atoms with Crippen LogP contribution in [0.15, 0.2) is 41.3 Å². The van der Waals surface area contributed by atoms with E-state index in [0.717, 1.165) is 25.0 Å². The van der Waals surface area contributed by atoms with Gasteiger partial charge in [-0.1, -0.05) is 17.7 Å². The number of hydrogen-bond acceptors (Lipinski definition) is 4. The molecule has 2 amide bonds. The Balaban J connectivity index is 1.61. The summed E-state index contributed by atoms with van der Waals surface area (Å²) in [6.45, 7) is 0.137. The minimum Gasteiger partial charge on any atom is -0.347 e. The molecule has 1 saturated carbocycles. The van der Waals surface area contributed by atoms with Gasteiger partial charge in [0.15, 0.2) is 0 Å². The molecule has 6 nitrogen and oxygen atoms in total.